The lowest BCUT2D eigenvalue weighted by molar-refractivity contribution is -0.137. The summed E-state index contributed by atoms with van der Waals surface area (Å²) in [5.41, 5.74) is 2.05. The second-order valence-electron chi connectivity index (χ2n) is 12.0. The van der Waals surface area contributed by atoms with Gasteiger partial charge < -0.3 is 9.47 Å². The standard InChI is InChI=1S/C37H34F5NO4/c1-23(2)14-34(35(44)43-32(22-47-36(43)45)15-24-6-4-3-5-7-24)28-16-27(25-8-11-30(12-9-25)37(40,41)42)18-33(19-28)46-21-26-10-13-31(39)17-29(26)20-38/h3-13,16-19,23,32,34H,14-15,20-22H2,1-2H3/t32-,34-/m1/s1. The summed E-state index contributed by atoms with van der Waals surface area (Å²) >= 11 is 0. The molecule has 0 unspecified atom stereocenters. The minimum atomic E-state index is -4.52. The number of nitrogens with zero attached hydrogens (tertiary/aromatic N) is 1. The van der Waals surface area contributed by atoms with E-state index in [1.54, 1.807) is 18.2 Å². The zero-order valence-electron chi connectivity index (χ0n) is 25.9. The van der Waals surface area contributed by atoms with Gasteiger partial charge in [0, 0.05) is 0 Å². The SMILES string of the molecule is CC(C)C[C@@H](C(=O)N1C(=O)OC[C@H]1Cc1ccccc1)c1cc(OCc2ccc(F)cc2CF)cc(-c2ccc(C(F)(F)F)cc2)c1. The lowest BCUT2D eigenvalue weighted by atomic mass is 9.86. The summed E-state index contributed by atoms with van der Waals surface area (Å²) in [5.74, 6) is -1.61. The van der Waals surface area contributed by atoms with E-state index < -0.39 is 48.2 Å². The van der Waals surface area contributed by atoms with Crippen LogP contribution in [0.3, 0.4) is 0 Å². The van der Waals surface area contributed by atoms with E-state index in [0.717, 1.165) is 28.7 Å². The third kappa shape index (κ3) is 8.17. The third-order valence-corrected chi connectivity index (χ3v) is 8.10. The van der Waals surface area contributed by atoms with E-state index in [9.17, 15) is 31.5 Å². The molecule has 0 aliphatic carbocycles. The normalized spacial score (nSPS) is 15.5. The highest BCUT2D eigenvalue weighted by molar-refractivity contribution is 5.97. The molecular formula is C37H34F5NO4. The smallest absolute Gasteiger partial charge is 0.417 e. The van der Waals surface area contributed by atoms with Crippen LogP contribution in [0.4, 0.5) is 26.7 Å². The van der Waals surface area contributed by atoms with Gasteiger partial charge in [-0.1, -0.05) is 68.4 Å². The molecule has 0 radical (unpaired) electrons. The first-order chi connectivity index (χ1) is 22.4. The van der Waals surface area contributed by atoms with Crippen molar-refractivity contribution < 1.29 is 41.0 Å². The zero-order chi connectivity index (χ0) is 33.7. The van der Waals surface area contributed by atoms with Gasteiger partial charge in [-0.2, -0.15) is 13.2 Å². The summed E-state index contributed by atoms with van der Waals surface area (Å²) in [6, 6.07) is 22.2. The highest BCUT2D eigenvalue weighted by atomic mass is 19.4. The molecule has 10 heteroatoms. The van der Waals surface area contributed by atoms with Crippen LogP contribution < -0.4 is 4.74 Å². The third-order valence-electron chi connectivity index (χ3n) is 8.10. The van der Waals surface area contributed by atoms with E-state index in [-0.39, 0.29) is 30.4 Å². The van der Waals surface area contributed by atoms with Gasteiger partial charge in [0.15, 0.2) is 0 Å². The van der Waals surface area contributed by atoms with Crippen molar-refractivity contribution in [2.45, 2.75) is 58.1 Å². The van der Waals surface area contributed by atoms with Crippen LogP contribution in [0, 0.1) is 11.7 Å². The maximum absolute atomic E-state index is 14.3. The van der Waals surface area contributed by atoms with Crippen LogP contribution in [0.15, 0.2) is 91.0 Å². The van der Waals surface area contributed by atoms with E-state index in [1.807, 2.05) is 44.2 Å². The summed E-state index contributed by atoms with van der Waals surface area (Å²) in [6.45, 7) is 2.88. The Bertz CT molecular complexity index is 1710. The predicted octanol–water partition coefficient (Wildman–Crippen LogP) is 9.28. The highest BCUT2D eigenvalue weighted by Gasteiger charge is 2.41. The number of halogens is 5. The van der Waals surface area contributed by atoms with Gasteiger partial charge in [0.1, 0.15) is 31.5 Å². The van der Waals surface area contributed by atoms with Crippen LogP contribution in [-0.4, -0.2) is 29.5 Å². The Kier molecular flexibility index (Phi) is 10.3. The van der Waals surface area contributed by atoms with Crippen molar-refractivity contribution in [1.82, 2.24) is 4.90 Å². The lowest BCUT2D eigenvalue weighted by Crippen LogP contribution is -2.43. The average Bonchev–Trinajstić information content (AvgIpc) is 3.41. The molecule has 1 fully saturated rings. The van der Waals surface area contributed by atoms with Crippen molar-refractivity contribution in [3.63, 3.8) is 0 Å². The quantitative estimate of drug-likeness (QED) is 0.152. The van der Waals surface area contributed by atoms with Crippen molar-refractivity contribution in [3.05, 3.63) is 125 Å². The van der Waals surface area contributed by atoms with E-state index in [4.69, 9.17) is 9.47 Å². The molecule has 1 aliphatic heterocycles. The molecule has 4 aromatic rings. The summed E-state index contributed by atoms with van der Waals surface area (Å²) in [5, 5.41) is 0. The van der Waals surface area contributed by atoms with Gasteiger partial charge in [0.25, 0.3) is 0 Å². The van der Waals surface area contributed by atoms with Crippen molar-refractivity contribution in [2.24, 2.45) is 5.92 Å². The van der Waals surface area contributed by atoms with Gasteiger partial charge >= 0.3 is 12.3 Å². The Hall–Kier alpha value is -4.73. The molecule has 2 amide bonds. The van der Waals surface area contributed by atoms with Crippen molar-refractivity contribution in [1.29, 1.82) is 0 Å². The molecule has 4 aromatic carbocycles. The highest BCUT2D eigenvalue weighted by Crippen LogP contribution is 2.37. The molecule has 0 aromatic heterocycles. The minimum absolute atomic E-state index is 0.0144. The van der Waals surface area contributed by atoms with Crippen LogP contribution in [0.1, 0.15) is 54.0 Å². The van der Waals surface area contributed by atoms with Gasteiger partial charge in [0.05, 0.1) is 17.5 Å². The molecule has 1 aliphatic rings. The maximum Gasteiger partial charge on any atom is 0.417 e. The van der Waals surface area contributed by atoms with Crippen molar-refractivity contribution >= 4 is 12.0 Å². The second-order valence-corrected chi connectivity index (χ2v) is 12.0. The van der Waals surface area contributed by atoms with E-state index in [2.05, 4.69) is 0 Å². The number of benzene rings is 4. The van der Waals surface area contributed by atoms with E-state index in [1.165, 1.54) is 24.3 Å². The molecular weight excluding hydrogens is 617 g/mol. The number of cyclic esters (lactones) is 1. The number of ether oxygens (including phenoxy) is 2. The van der Waals surface area contributed by atoms with Gasteiger partial charge in [-0.3, -0.25) is 4.79 Å². The fourth-order valence-corrected chi connectivity index (χ4v) is 5.73. The molecule has 47 heavy (non-hydrogen) atoms. The zero-order valence-corrected chi connectivity index (χ0v) is 25.9. The number of rotatable bonds is 11. The van der Waals surface area contributed by atoms with E-state index >= 15 is 0 Å². The average molecular weight is 652 g/mol. The Morgan fingerprint density at radius 3 is 2.32 bits per heavy atom. The molecule has 0 bridgehead atoms. The Labute approximate surface area is 269 Å². The molecule has 0 saturated carbocycles. The number of hydrogen-bond donors (Lipinski definition) is 0. The summed E-state index contributed by atoms with van der Waals surface area (Å²) in [6.07, 6.45) is -4.51. The number of imide groups is 1. The molecule has 246 valence electrons. The fourth-order valence-electron chi connectivity index (χ4n) is 5.73. The predicted molar refractivity (Wildman–Crippen MR) is 167 cm³/mol. The number of amides is 2. The van der Waals surface area contributed by atoms with Crippen molar-refractivity contribution in [3.8, 4) is 16.9 Å². The summed E-state index contributed by atoms with van der Waals surface area (Å²) < 4.78 is 78.7. The van der Waals surface area contributed by atoms with Gasteiger partial charge in [-0.05, 0) is 88.5 Å². The maximum atomic E-state index is 14.3. The topological polar surface area (TPSA) is 55.8 Å². The minimum Gasteiger partial charge on any atom is -0.489 e. The fraction of sp³-hybridized carbons (Fsp3) is 0.297. The lowest BCUT2D eigenvalue weighted by Gasteiger charge is -2.27. The molecule has 5 rings (SSSR count). The Morgan fingerprint density at radius 2 is 1.66 bits per heavy atom. The molecule has 1 saturated heterocycles. The first-order valence-electron chi connectivity index (χ1n) is 15.3. The van der Waals surface area contributed by atoms with Crippen LogP contribution in [0.2, 0.25) is 0 Å². The first kappa shape index (κ1) is 33.6. The number of carbonyl (C=O) groups is 2. The van der Waals surface area contributed by atoms with Crippen LogP contribution in [0.25, 0.3) is 11.1 Å². The van der Waals surface area contributed by atoms with Crippen molar-refractivity contribution in [2.75, 3.05) is 6.61 Å². The summed E-state index contributed by atoms with van der Waals surface area (Å²) in [4.78, 5) is 28.4. The Morgan fingerprint density at radius 1 is 0.936 bits per heavy atom. The number of hydrogen-bond acceptors (Lipinski definition) is 4. The molecule has 0 spiro atoms. The number of carbonyl (C=O) groups excluding carboxylic acids is 2. The van der Waals surface area contributed by atoms with E-state index in [0.29, 0.717) is 35.1 Å². The second kappa shape index (κ2) is 14.4. The molecule has 5 nitrogen and oxygen atoms in total. The molecule has 2 atom stereocenters. The Balaban J connectivity index is 1.54. The van der Waals surface area contributed by atoms with Crippen LogP contribution >= 0.6 is 0 Å². The number of alkyl halides is 4. The van der Waals surface area contributed by atoms with Crippen LogP contribution in [-0.2, 0) is 35.4 Å². The first-order valence-corrected chi connectivity index (χ1v) is 15.3. The van der Waals surface area contributed by atoms with Gasteiger partial charge in [0.2, 0.25) is 5.91 Å². The van der Waals surface area contributed by atoms with Gasteiger partial charge in [-0.15, -0.1) is 0 Å². The molecule has 0 N–H and O–H groups in total. The summed E-state index contributed by atoms with van der Waals surface area (Å²) in [7, 11) is 0. The monoisotopic (exact) mass is 651 g/mol. The largest absolute Gasteiger partial charge is 0.489 e. The molecule has 1 heterocycles. The van der Waals surface area contributed by atoms with Crippen LogP contribution in [0.5, 0.6) is 5.75 Å². The van der Waals surface area contributed by atoms with Gasteiger partial charge in [-0.25, -0.2) is 18.5 Å².